The van der Waals surface area contributed by atoms with Crippen LogP contribution in [0, 0.1) is 11.7 Å². The fraction of sp³-hybridized carbons (Fsp3) is 0.571. The zero-order valence-corrected chi connectivity index (χ0v) is 13.1. The van der Waals surface area contributed by atoms with Crippen LogP contribution >= 0.6 is 0 Å². The largest absolute Gasteiger partial charge is 0.392 e. The molecule has 0 aliphatic heterocycles. The van der Waals surface area contributed by atoms with Gasteiger partial charge in [-0.15, -0.1) is 0 Å². The van der Waals surface area contributed by atoms with Gasteiger partial charge in [0.25, 0.3) is 0 Å². The molecule has 0 aliphatic carbocycles. The van der Waals surface area contributed by atoms with E-state index in [1.165, 1.54) is 10.4 Å². The Morgan fingerprint density at radius 2 is 1.85 bits per heavy atom. The molecular formula is C14H22FNO3S. The molecule has 0 atom stereocenters. The van der Waals surface area contributed by atoms with Gasteiger partial charge in [-0.3, -0.25) is 0 Å². The molecular weight excluding hydrogens is 281 g/mol. The molecule has 0 spiro atoms. The van der Waals surface area contributed by atoms with Gasteiger partial charge in [0.1, 0.15) is 5.82 Å². The number of hydrogen-bond donors (Lipinski definition) is 1. The van der Waals surface area contributed by atoms with Gasteiger partial charge in [-0.05, 0) is 37.5 Å². The van der Waals surface area contributed by atoms with E-state index >= 15 is 0 Å². The maximum Gasteiger partial charge on any atom is 0.243 e. The van der Waals surface area contributed by atoms with Crippen LogP contribution in [-0.2, 0) is 16.6 Å². The van der Waals surface area contributed by atoms with Gasteiger partial charge in [-0.2, -0.15) is 4.31 Å². The van der Waals surface area contributed by atoms with Gasteiger partial charge in [-0.25, -0.2) is 12.8 Å². The number of nitrogens with zero attached hydrogens (tertiary/aromatic N) is 1. The highest BCUT2D eigenvalue weighted by Gasteiger charge is 2.29. The summed E-state index contributed by atoms with van der Waals surface area (Å²) in [7, 11) is -3.83. The molecule has 0 aromatic heterocycles. The molecule has 0 saturated carbocycles. The van der Waals surface area contributed by atoms with Crippen LogP contribution in [0.15, 0.2) is 23.1 Å². The molecule has 0 aliphatic rings. The summed E-state index contributed by atoms with van der Waals surface area (Å²) in [4.78, 5) is -0.158. The smallest absolute Gasteiger partial charge is 0.243 e. The quantitative estimate of drug-likeness (QED) is 0.878. The normalized spacial score (nSPS) is 12.7. The fourth-order valence-electron chi connectivity index (χ4n) is 1.97. The summed E-state index contributed by atoms with van der Waals surface area (Å²) in [5.41, 5.74) is 0.209. The minimum Gasteiger partial charge on any atom is -0.392 e. The summed E-state index contributed by atoms with van der Waals surface area (Å²) in [6, 6.07) is 3.18. The molecule has 0 fully saturated rings. The zero-order chi connectivity index (χ0) is 15.5. The van der Waals surface area contributed by atoms with Gasteiger partial charge in [0.05, 0.1) is 11.5 Å². The number of rotatable bonds is 6. The lowest BCUT2D eigenvalue weighted by Crippen LogP contribution is -2.39. The van der Waals surface area contributed by atoms with E-state index in [2.05, 4.69) is 0 Å². The summed E-state index contributed by atoms with van der Waals surface area (Å²) >= 11 is 0. The first-order valence-electron chi connectivity index (χ1n) is 6.61. The van der Waals surface area contributed by atoms with Crippen molar-refractivity contribution in [1.82, 2.24) is 4.31 Å². The van der Waals surface area contributed by atoms with Gasteiger partial charge in [-0.1, -0.05) is 19.9 Å². The Balaban J connectivity index is 3.36. The number of sulfonamides is 1. The molecule has 20 heavy (non-hydrogen) atoms. The van der Waals surface area contributed by atoms with E-state index in [4.69, 9.17) is 0 Å². The molecule has 1 aromatic rings. The molecule has 0 bridgehead atoms. The highest BCUT2D eigenvalue weighted by molar-refractivity contribution is 7.89. The highest BCUT2D eigenvalue weighted by Crippen LogP contribution is 2.24. The molecule has 1 aromatic carbocycles. The maximum atomic E-state index is 13.4. The van der Waals surface area contributed by atoms with Crippen molar-refractivity contribution in [2.75, 3.05) is 6.54 Å². The molecule has 0 radical (unpaired) electrons. The minimum atomic E-state index is -3.83. The van der Waals surface area contributed by atoms with E-state index in [0.717, 1.165) is 12.1 Å². The lowest BCUT2D eigenvalue weighted by atomic mass is 10.2. The Labute approximate surface area is 120 Å². The van der Waals surface area contributed by atoms with E-state index in [1.807, 2.05) is 13.8 Å². The van der Waals surface area contributed by atoms with E-state index in [0.29, 0.717) is 6.54 Å². The van der Waals surface area contributed by atoms with Gasteiger partial charge in [0, 0.05) is 12.6 Å². The van der Waals surface area contributed by atoms with Crippen molar-refractivity contribution >= 4 is 10.0 Å². The third kappa shape index (κ3) is 3.77. The third-order valence-corrected chi connectivity index (χ3v) is 5.03. The van der Waals surface area contributed by atoms with Crippen LogP contribution in [0.25, 0.3) is 0 Å². The standard InChI is InChI=1S/C14H22FNO3S/c1-10(2)8-16(11(3)4)20(18,19)14-7-13(15)6-5-12(14)9-17/h5-7,10-11,17H,8-9H2,1-4H3. The summed E-state index contributed by atoms with van der Waals surface area (Å²) in [6.45, 7) is 7.30. The molecule has 114 valence electrons. The van der Waals surface area contributed by atoms with Crippen LogP contribution in [0.4, 0.5) is 4.39 Å². The Hall–Kier alpha value is -0.980. The molecule has 6 heteroatoms. The monoisotopic (exact) mass is 303 g/mol. The van der Waals surface area contributed by atoms with Gasteiger partial charge in [0.15, 0.2) is 0 Å². The average Bonchev–Trinajstić information content (AvgIpc) is 2.35. The summed E-state index contributed by atoms with van der Waals surface area (Å²) in [5.74, 6) is -0.479. The predicted octanol–water partition coefficient (Wildman–Crippen LogP) is 2.37. The Kier molecular flexibility index (Phi) is 5.68. The summed E-state index contributed by atoms with van der Waals surface area (Å²) in [5, 5.41) is 9.27. The van der Waals surface area contributed by atoms with Crippen molar-refractivity contribution in [1.29, 1.82) is 0 Å². The summed E-state index contributed by atoms with van der Waals surface area (Å²) in [6.07, 6.45) is 0. The van der Waals surface area contributed by atoms with Crippen LogP contribution in [-0.4, -0.2) is 30.4 Å². The highest BCUT2D eigenvalue weighted by atomic mass is 32.2. The molecule has 1 rings (SSSR count). The molecule has 0 heterocycles. The number of benzene rings is 1. The molecule has 0 unspecified atom stereocenters. The minimum absolute atomic E-state index is 0.151. The molecule has 4 nitrogen and oxygen atoms in total. The van der Waals surface area contributed by atoms with Crippen molar-refractivity contribution in [2.24, 2.45) is 5.92 Å². The van der Waals surface area contributed by atoms with Crippen LogP contribution in [0.3, 0.4) is 0 Å². The predicted molar refractivity (Wildman–Crippen MR) is 76.2 cm³/mol. The van der Waals surface area contributed by atoms with Crippen molar-refractivity contribution in [3.05, 3.63) is 29.6 Å². The van der Waals surface area contributed by atoms with Crippen molar-refractivity contribution in [3.8, 4) is 0 Å². The second-order valence-corrected chi connectivity index (χ2v) is 7.33. The van der Waals surface area contributed by atoms with E-state index < -0.39 is 22.4 Å². The van der Waals surface area contributed by atoms with Crippen LogP contribution in [0.1, 0.15) is 33.3 Å². The second-order valence-electron chi connectivity index (χ2n) is 5.47. The molecule has 1 N–H and O–H groups in total. The van der Waals surface area contributed by atoms with Crippen LogP contribution in [0.5, 0.6) is 0 Å². The fourth-order valence-corrected chi connectivity index (χ4v) is 4.00. The first-order valence-corrected chi connectivity index (χ1v) is 8.05. The van der Waals surface area contributed by atoms with Crippen LogP contribution in [0.2, 0.25) is 0 Å². The van der Waals surface area contributed by atoms with Crippen LogP contribution < -0.4 is 0 Å². The Morgan fingerprint density at radius 3 is 2.30 bits per heavy atom. The SMILES string of the molecule is CC(C)CN(C(C)C)S(=O)(=O)c1cc(F)ccc1CO. The van der Waals surface area contributed by atoms with Crippen molar-refractivity contribution in [3.63, 3.8) is 0 Å². The van der Waals surface area contributed by atoms with Crippen molar-refractivity contribution < 1.29 is 17.9 Å². The maximum absolute atomic E-state index is 13.4. The zero-order valence-electron chi connectivity index (χ0n) is 12.3. The average molecular weight is 303 g/mol. The third-order valence-electron chi connectivity index (χ3n) is 2.91. The van der Waals surface area contributed by atoms with Gasteiger partial charge >= 0.3 is 0 Å². The Morgan fingerprint density at radius 1 is 1.25 bits per heavy atom. The number of hydrogen-bond acceptors (Lipinski definition) is 3. The number of aliphatic hydroxyl groups excluding tert-OH is 1. The lowest BCUT2D eigenvalue weighted by molar-refractivity contribution is 0.276. The number of halogens is 1. The van der Waals surface area contributed by atoms with E-state index in [-0.39, 0.29) is 22.4 Å². The van der Waals surface area contributed by atoms with Gasteiger partial charge in [0.2, 0.25) is 10.0 Å². The van der Waals surface area contributed by atoms with Gasteiger partial charge < -0.3 is 5.11 Å². The first-order chi connectivity index (χ1) is 9.20. The second kappa shape index (κ2) is 6.65. The first kappa shape index (κ1) is 17.1. The Bertz CT molecular complexity index is 556. The lowest BCUT2D eigenvalue weighted by Gasteiger charge is -2.28. The van der Waals surface area contributed by atoms with E-state index in [9.17, 15) is 17.9 Å². The molecule has 0 amide bonds. The van der Waals surface area contributed by atoms with E-state index in [1.54, 1.807) is 13.8 Å². The van der Waals surface area contributed by atoms with Crippen molar-refractivity contribution in [2.45, 2.75) is 45.2 Å². The topological polar surface area (TPSA) is 57.6 Å². The molecule has 0 saturated heterocycles. The number of aliphatic hydroxyl groups is 1. The summed E-state index contributed by atoms with van der Waals surface area (Å²) < 4.78 is 40.1.